The SMILES string of the molecule is c1ccc([Se]c2cc(N=Nc3cccc(N=Nc4cc([Se]c5ccccc5)c5cccccc4-5)c3)c3cccccc2-3)cc1. The molecule has 0 atom stereocenters. The maximum absolute atomic E-state index is 4.71. The Bertz CT molecular complexity index is 1880. The Balaban J connectivity index is 1.15. The summed E-state index contributed by atoms with van der Waals surface area (Å²) in [4.78, 5) is 0. The molecule has 4 aliphatic rings. The predicted octanol–water partition coefficient (Wildman–Crippen LogP) is 8.04. The fraction of sp³-hybridized carbons (Fsp3) is 0. The third-order valence-corrected chi connectivity index (χ3v) is 11.5. The molecular weight excluding hydrogens is 670 g/mol. The normalized spacial score (nSPS) is 11.6. The second kappa shape index (κ2) is 13.3. The van der Waals surface area contributed by atoms with Gasteiger partial charge in [0.1, 0.15) is 0 Å². The van der Waals surface area contributed by atoms with Crippen LogP contribution in [0.25, 0.3) is 22.3 Å². The van der Waals surface area contributed by atoms with Crippen molar-refractivity contribution in [2.75, 3.05) is 0 Å². The van der Waals surface area contributed by atoms with Gasteiger partial charge >= 0.3 is 271 Å². The maximum atomic E-state index is 4.71. The molecule has 0 radical (unpaired) electrons. The van der Waals surface area contributed by atoms with E-state index < -0.39 is 0 Å². The van der Waals surface area contributed by atoms with Gasteiger partial charge in [0, 0.05) is 0 Å². The number of nitrogens with zero attached hydrogens (tertiary/aromatic N) is 4. The molecule has 44 heavy (non-hydrogen) atoms. The van der Waals surface area contributed by atoms with Crippen LogP contribution < -0.4 is 17.8 Å². The van der Waals surface area contributed by atoms with E-state index in [0.717, 1.165) is 33.9 Å². The molecule has 3 aromatic carbocycles. The molecule has 6 heteroatoms. The monoisotopic (exact) mass is 698 g/mol. The predicted molar refractivity (Wildman–Crippen MR) is 184 cm³/mol. The van der Waals surface area contributed by atoms with Gasteiger partial charge in [-0.15, -0.1) is 0 Å². The van der Waals surface area contributed by atoms with Gasteiger partial charge in [-0.25, -0.2) is 0 Å². The van der Waals surface area contributed by atoms with E-state index in [1.54, 1.807) is 0 Å². The molecule has 3 aromatic rings. The zero-order chi connectivity index (χ0) is 29.6. The Morgan fingerprint density at radius 3 is 1.14 bits per heavy atom. The van der Waals surface area contributed by atoms with Crippen LogP contribution in [-0.2, 0) is 0 Å². The van der Waals surface area contributed by atoms with Crippen molar-refractivity contribution in [1.82, 2.24) is 0 Å². The summed E-state index contributed by atoms with van der Waals surface area (Å²) in [6.45, 7) is 0. The third-order valence-electron chi connectivity index (χ3n) is 7.01. The van der Waals surface area contributed by atoms with Crippen LogP contribution >= 0.6 is 0 Å². The summed E-state index contributed by atoms with van der Waals surface area (Å²) in [5, 5.41) is 18.7. The van der Waals surface area contributed by atoms with Crippen LogP contribution in [0.4, 0.5) is 22.7 Å². The number of fused-ring (bicyclic) bond motifs is 2. The Labute approximate surface area is 269 Å². The van der Waals surface area contributed by atoms with Crippen LogP contribution in [0.3, 0.4) is 0 Å². The van der Waals surface area contributed by atoms with Gasteiger partial charge in [-0.05, 0) is 0 Å². The molecule has 0 unspecified atom stereocenters. The molecule has 0 amide bonds. The van der Waals surface area contributed by atoms with Crippen molar-refractivity contribution in [2.45, 2.75) is 0 Å². The molecule has 0 aliphatic heterocycles. The van der Waals surface area contributed by atoms with Gasteiger partial charge in [-0.2, -0.15) is 0 Å². The average molecular weight is 697 g/mol. The number of hydrogen-bond acceptors (Lipinski definition) is 4. The fourth-order valence-corrected chi connectivity index (χ4v) is 9.16. The van der Waals surface area contributed by atoms with Crippen LogP contribution in [0.15, 0.2) is 178 Å². The van der Waals surface area contributed by atoms with Crippen molar-refractivity contribution in [3.8, 4) is 22.3 Å². The second-order valence-electron chi connectivity index (χ2n) is 10.0. The van der Waals surface area contributed by atoms with Gasteiger partial charge < -0.3 is 0 Å². The zero-order valence-corrected chi connectivity index (χ0v) is 27.0. The van der Waals surface area contributed by atoms with E-state index in [4.69, 9.17) is 10.2 Å². The van der Waals surface area contributed by atoms with Gasteiger partial charge in [0.25, 0.3) is 0 Å². The molecule has 0 bridgehead atoms. The number of rotatable bonds is 8. The molecule has 0 saturated carbocycles. The first-order valence-corrected chi connectivity index (χ1v) is 17.7. The van der Waals surface area contributed by atoms with E-state index in [0.29, 0.717) is 0 Å². The molecule has 0 aromatic heterocycles. The Morgan fingerprint density at radius 2 is 0.705 bits per heavy atom. The van der Waals surface area contributed by atoms with Crippen molar-refractivity contribution in [2.24, 2.45) is 20.5 Å². The summed E-state index contributed by atoms with van der Waals surface area (Å²) in [5.41, 5.74) is 7.87. The molecule has 4 aliphatic carbocycles. The van der Waals surface area contributed by atoms with Crippen molar-refractivity contribution >= 4 is 70.5 Å². The molecule has 210 valence electrons. The fourth-order valence-electron chi connectivity index (χ4n) is 4.94. The quantitative estimate of drug-likeness (QED) is 0.114. The number of hydrogen-bond donors (Lipinski definition) is 0. The van der Waals surface area contributed by atoms with Crippen molar-refractivity contribution in [3.05, 3.63) is 158 Å². The van der Waals surface area contributed by atoms with Gasteiger partial charge in [0.15, 0.2) is 0 Å². The van der Waals surface area contributed by atoms with Crippen LogP contribution in [0.5, 0.6) is 0 Å². The summed E-state index contributed by atoms with van der Waals surface area (Å²) in [5.74, 6) is 0. The van der Waals surface area contributed by atoms with Gasteiger partial charge in [-0.1, -0.05) is 0 Å². The van der Waals surface area contributed by atoms with Crippen LogP contribution in [0, 0.1) is 0 Å². The second-order valence-corrected chi connectivity index (χ2v) is 14.7. The van der Waals surface area contributed by atoms with Crippen LogP contribution in [0.2, 0.25) is 0 Å². The Hall–Kier alpha value is -4.70. The minimum absolute atomic E-state index is 0.173. The van der Waals surface area contributed by atoms with E-state index in [1.807, 2.05) is 24.3 Å². The third kappa shape index (κ3) is 6.45. The van der Waals surface area contributed by atoms with E-state index >= 15 is 0 Å². The zero-order valence-electron chi connectivity index (χ0n) is 23.6. The van der Waals surface area contributed by atoms with Crippen LogP contribution in [0.1, 0.15) is 0 Å². The topological polar surface area (TPSA) is 49.4 Å². The minimum atomic E-state index is 0.173. The van der Waals surface area contributed by atoms with Gasteiger partial charge in [0.2, 0.25) is 0 Å². The van der Waals surface area contributed by atoms with Crippen molar-refractivity contribution in [3.63, 3.8) is 0 Å². The number of benzene rings is 3. The molecule has 4 nitrogen and oxygen atoms in total. The molecule has 0 spiro atoms. The first-order chi connectivity index (χ1) is 21.8. The standard InChI is InChI=1S/C38H26N4Se2/c1-5-16-29(17-6-1)43-37-25-35(31-20-9-3-11-22-33(31)37)41-39-27-14-13-15-28(24-27)40-42-36-26-38(44-30-18-7-2-8-19-30)34-23-12-4-10-21-32(34)36/h1-26H. The van der Waals surface area contributed by atoms with E-state index in [1.165, 1.54) is 29.0 Å². The summed E-state index contributed by atoms with van der Waals surface area (Å²) >= 11 is 0.345. The summed E-state index contributed by atoms with van der Waals surface area (Å²) in [6.07, 6.45) is 0. The van der Waals surface area contributed by atoms with Crippen molar-refractivity contribution < 1.29 is 0 Å². The van der Waals surface area contributed by atoms with E-state index in [9.17, 15) is 0 Å². The first kappa shape index (κ1) is 28.1. The Kier molecular flexibility index (Phi) is 8.49. The molecule has 0 heterocycles. The Morgan fingerprint density at radius 1 is 0.318 bits per heavy atom. The van der Waals surface area contributed by atoms with Crippen molar-refractivity contribution in [1.29, 1.82) is 0 Å². The molecule has 0 fully saturated rings. The summed E-state index contributed by atoms with van der Waals surface area (Å²) in [7, 11) is 0. The molecule has 7 rings (SSSR count). The van der Waals surface area contributed by atoms with E-state index in [2.05, 4.69) is 144 Å². The molecular formula is C38H26N4Se2. The molecule has 0 N–H and O–H groups in total. The summed E-state index contributed by atoms with van der Waals surface area (Å²) < 4.78 is 5.27. The number of azo groups is 2. The first-order valence-electron chi connectivity index (χ1n) is 14.2. The molecule has 0 saturated heterocycles. The van der Waals surface area contributed by atoms with Crippen LogP contribution in [-0.4, -0.2) is 29.9 Å². The van der Waals surface area contributed by atoms with Gasteiger partial charge in [-0.3, -0.25) is 0 Å². The average Bonchev–Trinajstić information content (AvgIpc) is 3.30. The summed E-state index contributed by atoms with van der Waals surface area (Å²) in [6, 6.07) is 54.4. The van der Waals surface area contributed by atoms with E-state index in [-0.39, 0.29) is 29.9 Å². The van der Waals surface area contributed by atoms with Gasteiger partial charge in [0.05, 0.1) is 0 Å².